The monoisotopic (exact) mass is 181 g/mol. The van der Waals surface area contributed by atoms with Crippen LogP contribution in [0.1, 0.15) is 10.4 Å². The molecule has 4 nitrogen and oxygen atoms in total. The Morgan fingerprint density at radius 2 is 2.00 bits per heavy atom. The summed E-state index contributed by atoms with van der Waals surface area (Å²) in [5.41, 5.74) is 5.46. The average molecular weight is 181 g/mol. The van der Waals surface area contributed by atoms with Crippen LogP contribution in [0.2, 0.25) is 0 Å². The number of carbonyl (C=O) groups excluding carboxylic acids is 1. The Morgan fingerprint density at radius 1 is 1.31 bits per heavy atom. The minimum absolute atomic E-state index is 0.321. The number of carbonyl (C=O) groups is 1. The van der Waals surface area contributed by atoms with Crippen molar-refractivity contribution in [3.63, 3.8) is 0 Å². The van der Waals surface area contributed by atoms with Gasteiger partial charge in [-0.25, -0.2) is 0 Å². The molecule has 0 aliphatic heterocycles. The van der Waals surface area contributed by atoms with Gasteiger partial charge in [-0.1, -0.05) is 6.07 Å². The third-order valence-corrected chi connectivity index (χ3v) is 1.67. The van der Waals surface area contributed by atoms with Crippen LogP contribution >= 0.6 is 0 Å². The summed E-state index contributed by atoms with van der Waals surface area (Å²) in [4.78, 5) is 10.9. The standard InChI is InChI=1S/C9H11NO3/c1-12-7-5-3-4-6(9(10)11)8(7)13-2/h3-5H,1-2H3,(H2,10,11). The van der Waals surface area contributed by atoms with Crippen molar-refractivity contribution in [3.8, 4) is 11.5 Å². The number of hydrogen-bond acceptors (Lipinski definition) is 3. The normalized spacial score (nSPS) is 9.38. The van der Waals surface area contributed by atoms with Crippen molar-refractivity contribution in [2.45, 2.75) is 0 Å². The highest BCUT2D eigenvalue weighted by atomic mass is 16.5. The van der Waals surface area contributed by atoms with Crippen molar-refractivity contribution >= 4 is 5.91 Å². The fraction of sp³-hybridized carbons (Fsp3) is 0.222. The van der Waals surface area contributed by atoms with E-state index in [1.807, 2.05) is 0 Å². The summed E-state index contributed by atoms with van der Waals surface area (Å²) in [5.74, 6) is 0.340. The number of ether oxygens (including phenoxy) is 2. The highest BCUT2D eigenvalue weighted by Crippen LogP contribution is 2.29. The van der Waals surface area contributed by atoms with Crippen LogP contribution in [0.4, 0.5) is 0 Å². The predicted octanol–water partition coefficient (Wildman–Crippen LogP) is 0.803. The molecule has 1 aromatic carbocycles. The predicted molar refractivity (Wildman–Crippen MR) is 48.1 cm³/mol. The lowest BCUT2D eigenvalue weighted by Gasteiger charge is -2.09. The molecule has 0 saturated carbocycles. The number of hydrogen-bond donors (Lipinski definition) is 1. The summed E-state index contributed by atoms with van der Waals surface area (Å²) in [6.45, 7) is 0. The summed E-state index contributed by atoms with van der Waals surface area (Å²) in [6, 6.07) is 4.97. The van der Waals surface area contributed by atoms with E-state index in [-0.39, 0.29) is 0 Å². The summed E-state index contributed by atoms with van der Waals surface area (Å²) in [6.07, 6.45) is 0. The van der Waals surface area contributed by atoms with Crippen molar-refractivity contribution in [3.05, 3.63) is 23.8 Å². The van der Waals surface area contributed by atoms with Gasteiger partial charge in [-0.15, -0.1) is 0 Å². The van der Waals surface area contributed by atoms with E-state index in [2.05, 4.69) is 0 Å². The molecule has 0 atom stereocenters. The minimum Gasteiger partial charge on any atom is -0.493 e. The number of para-hydroxylation sites is 1. The molecule has 0 bridgehead atoms. The molecule has 0 spiro atoms. The quantitative estimate of drug-likeness (QED) is 0.750. The molecule has 1 aromatic rings. The number of nitrogens with two attached hydrogens (primary N) is 1. The topological polar surface area (TPSA) is 61.5 Å². The summed E-state index contributed by atoms with van der Waals surface area (Å²) >= 11 is 0. The van der Waals surface area contributed by atoms with E-state index in [0.717, 1.165) is 0 Å². The number of primary amides is 1. The van der Waals surface area contributed by atoms with Crippen LogP contribution in [-0.4, -0.2) is 20.1 Å². The van der Waals surface area contributed by atoms with Crippen molar-refractivity contribution in [2.24, 2.45) is 5.73 Å². The van der Waals surface area contributed by atoms with E-state index in [1.54, 1.807) is 18.2 Å². The summed E-state index contributed by atoms with van der Waals surface area (Å²) in [5, 5.41) is 0. The molecule has 0 aliphatic rings. The molecular weight excluding hydrogens is 170 g/mol. The van der Waals surface area contributed by atoms with E-state index in [1.165, 1.54) is 14.2 Å². The van der Waals surface area contributed by atoms with E-state index in [4.69, 9.17) is 15.2 Å². The second-order valence-corrected chi connectivity index (χ2v) is 2.41. The lowest BCUT2D eigenvalue weighted by Crippen LogP contribution is -2.12. The zero-order chi connectivity index (χ0) is 9.84. The molecule has 0 saturated heterocycles. The largest absolute Gasteiger partial charge is 0.493 e. The molecule has 0 aromatic heterocycles. The van der Waals surface area contributed by atoms with E-state index in [0.29, 0.717) is 17.1 Å². The zero-order valence-electron chi connectivity index (χ0n) is 7.53. The van der Waals surface area contributed by atoms with Gasteiger partial charge in [0.05, 0.1) is 19.8 Å². The van der Waals surface area contributed by atoms with Crippen molar-refractivity contribution in [1.29, 1.82) is 0 Å². The van der Waals surface area contributed by atoms with E-state index < -0.39 is 5.91 Å². The van der Waals surface area contributed by atoms with Crippen LogP contribution in [0.5, 0.6) is 11.5 Å². The Kier molecular flexibility index (Phi) is 2.74. The maximum absolute atomic E-state index is 10.9. The smallest absolute Gasteiger partial charge is 0.252 e. The number of methoxy groups -OCH3 is 2. The summed E-state index contributed by atoms with van der Waals surface area (Å²) < 4.78 is 10.00. The van der Waals surface area contributed by atoms with Crippen molar-refractivity contribution in [1.82, 2.24) is 0 Å². The molecule has 70 valence electrons. The average Bonchev–Trinajstić information content (AvgIpc) is 2.16. The molecule has 0 unspecified atom stereocenters. The first-order valence-electron chi connectivity index (χ1n) is 3.71. The number of benzene rings is 1. The van der Waals surface area contributed by atoms with Crippen LogP contribution in [-0.2, 0) is 0 Å². The van der Waals surface area contributed by atoms with Gasteiger partial charge in [-0.05, 0) is 12.1 Å². The molecule has 13 heavy (non-hydrogen) atoms. The molecule has 0 fully saturated rings. The molecule has 1 rings (SSSR count). The SMILES string of the molecule is COc1cccc(C(N)=O)c1OC. The van der Waals surface area contributed by atoms with Crippen LogP contribution in [0, 0.1) is 0 Å². The second kappa shape index (κ2) is 3.80. The highest BCUT2D eigenvalue weighted by Gasteiger charge is 2.12. The fourth-order valence-corrected chi connectivity index (χ4v) is 1.08. The molecular formula is C9H11NO3. The Balaban J connectivity index is 3.27. The molecule has 2 N–H and O–H groups in total. The van der Waals surface area contributed by atoms with E-state index >= 15 is 0 Å². The lowest BCUT2D eigenvalue weighted by molar-refractivity contribution is 0.0996. The van der Waals surface area contributed by atoms with Crippen molar-refractivity contribution in [2.75, 3.05) is 14.2 Å². The first-order chi connectivity index (χ1) is 6.20. The Hall–Kier alpha value is -1.71. The second-order valence-electron chi connectivity index (χ2n) is 2.41. The van der Waals surface area contributed by atoms with Gasteiger partial charge in [0.1, 0.15) is 0 Å². The third kappa shape index (κ3) is 1.72. The highest BCUT2D eigenvalue weighted by molar-refractivity contribution is 5.96. The van der Waals surface area contributed by atoms with Gasteiger partial charge >= 0.3 is 0 Å². The summed E-state index contributed by atoms with van der Waals surface area (Å²) in [7, 11) is 2.97. The van der Waals surface area contributed by atoms with Gasteiger partial charge < -0.3 is 15.2 Å². The Labute approximate surface area is 76.3 Å². The minimum atomic E-state index is -0.532. The van der Waals surface area contributed by atoms with Crippen molar-refractivity contribution < 1.29 is 14.3 Å². The van der Waals surface area contributed by atoms with E-state index in [9.17, 15) is 4.79 Å². The molecule has 0 radical (unpaired) electrons. The van der Waals surface area contributed by atoms with Gasteiger partial charge in [0.15, 0.2) is 11.5 Å². The molecule has 4 heteroatoms. The maximum atomic E-state index is 10.9. The Bertz CT molecular complexity index is 323. The van der Waals surface area contributed by atoms with Gasteiger partial charge in [0.2, 0.25) is 0 Å². The van der Waals surface area contributed by atoms with Gasteiger partial charge in [0, 0.05) is 0 Å². The maximum Gasteiger partial charge on any atom is 0.252 e. The molecule has 0 aliphatic carbocycles. The third-order valence-electron chi connectivity index (χ3n) is 1.67. The zero-order valence-corrected chi connectivity index (χ0v) is 7.53. The lowest BCUT2D eigenvalue weighted by atomic mass is 10.2. The van der Waals surface area contributed by atoms with Gasteiger partial charge in [-0.3, -0.25) is 4.79 Å². The number of rotatable bonds is 3. The van der Waals surface area contributed by atoms with Crippen LogP contribution < -0.4 is 15.2 Å². The van der Waals surface area contributed by atoms with Crippen LogP contribution in [0.15, 0.2) is 18.2 Å². The Morgan fingerprint density at radius 3 is 2.46 bits per heavy atom. The fourth-order valence-electron chi connectivity index (χ4n) is 1.08. The number of amides is 1. The van der Waals surface area contributed by atoms with Crippen LogP contribution in [0.25, 0.3) is 0 Å². The van der Waals surface area contributed by atoms with Gasteiger partial charge in [0.25, 0.3) is 5.91 Å². The first-order valence-corrected chi connectivity index (χ1v) is 3.71. The van der Waals surface area contributed by atoms with Gasteiger partial charge in [-0.2, -0.15) is 0 Å². The first kappa shape index (κ1) is 9.38. The molecule has 0 heterocycles. The molecule has 1 amide bonds. The van der Waals surface area contributed by atoms with Crippen LogP contribution in [0.3, 0.4) is 0 Å².